The van der Waals surface area contributed by atoms with Crippen LogP contribution >= 0.6 is 0 Å². The van der Waals surface area contributed by atoms with Crippen molar-refractivity contribution in [3.05, 3.63) is 65.5 Å². The van der Waals surface area contributed by atoms with Crippen molar-refractivity contribution in [2.24, 2.45) is 0 Å². The van der Waals surface area contributed by atoms with Crippen LogP contribution in [0.15, 0.2) is 48.5 Å². The lowest BCUT2D eigenvalue weighted by atomic mass is 9.88. The van der Waals surface area contributed by atoms with Gasteiger partial charge in [-0.1, -0.05) is 30.7 Å². The molecule has 33 heavy (non-hydrogen) atoms. The van der Waals surface area contributed by atoms with Crippen molar-refractivity contribution < 1.29 is 34.3 Å². The number of rotatable bonds is 8. The van der Waals surface area contributed by atoms with Crippen LogP contribution in [0.3, 0.4) is 0 Å². The zero-order valence-electron chi connectivity index (χ0n) is 18.3. The van der Waals surface area contributed by atoms with Crippen LogP contribution in [0.1, 0.15) is 36.3 Å². The second kappa shape index (κ2) is 10.3. The Hall–Kier alpha value is -2.36. The summed E-state index contributed by atoms with van der Waals surface area (Å²) in [6.07, 6.45) is -2.42. The van der Waals surface area contributed by atoms with Crippen LogP contribution in [0.4, 0.5) is 10.1 Å². The summed E-state index contributed by atoms with van der Waals surface area (Å²) >= 11 is 0. The molecule has 2 aromatic rings. The van der Waals surface area contributed by atoms with Crippen molar-refractivity contribution in [2.75, 3.05) is 18.1 Å². The summed E-state index contributed by atoms with van der Waals surface area (Å²) in [5.74, 6) is -0.503. The molecule has 4 N–H and O–H groups in total. The SMILES string of the molecule is O=C1C(c2ccc(CCCC[C@@H]3O[C@H](CO)[C@@H](O)[C@H](O)[C@H]3O)cc2)CN1c1ccc(F)cc1. The van der Waals surface area contributed by atoms with E-state index in [9.17, 15) is 29.6 Å². The van der Waals surface area contributed by atoms with Gasteiger partial charge < -0.3 is 30.1 Å². The van der Waals surface area contributed by atoms with Crippen LogP contribution in [-0.2, 0) is 16.0 Å². The van der Waals surface area contributed by atoms with E-state index in [1.165, 1.54) is 12.1 Å². The van der Waals surface area contributed by atoms with E-state index < -0.39 is 37.1 Å². The normalized spacial score (nSPS) is 29.7. The number of ether oxygens (including phenoxy) is 1. The Labute approximate surface area is 192 Å². The molecule has 7 nitrogen and oxygen atoms in total. The van der Waals surface area contributed by atoms with E-state index in [0.29, 0.717) is 18.7 Å². The van der Waals surface area contributed by atoms with Gasteiger partial charge in [-0.3, -0.25) is 4.79 Å². The monoisotopic (exact) mass is 459 g/mol. The van der Waals surface area contributed by atoms with Crippen LogP contribution in [0.2, 0.25) is 0 Å². The van der Waals surface area contributed by atoms with Gasteiger partial charge in [-0.15, -0.1) is 0 Å². The number of unbranched alkanes of at least 4 members (excludes halogenated alkanes) is 1. The number of anilines is 1. The number of aliphatic hydroxyl groups is 4. The molecule has 2 fully saturated rings. The minimum absolute atomic E-state index is 0.00823. The third-order valence-electron chi connectivity index (χ3n) is 6.64. The number of benzene rings is 2. The van der Waals surface area contributed by atoms with Crippen LogP contribution in [0.5, 0.6) is 0 Å². The maximum Gasteiger partial charge on any atom is 0.236 e. The average molecular weight is 460 g/mol. The first kappa shape index (κ1) is 23.8. The summed E-state index contributed by atoms with van der Waals surface area (Å²) in [6.45, 7) is 0.155. The number of halogens is 1. The molecule has 8 heteroatoms. The highest BCUT2D eigenvalue weighted by molar-refractivity contribution is 6.04. The van der Waals surface area contributed by atoms with Crippen molar-refractivity contribution in [2.45, 2.75) is 62.1 Å². The lowest BCUT2D eigenvalue weighted by Gasteiger charge is -2.40. The lowest BCUT2D eigenvalue weighted by molar-refractivity contribution is -0.230. The van der Waals surface area contributed by atoms with Crippen molar-refractivity contribution in [3.63, 3.8) is 0 Å². The van der Waals surface area contributed by atoms with E-state index in [1.807, 2.05) is 24.3 Å². The van der Waals surface area contributed by atoms with Gasteiger partial charge in [-0.2, -0.15) is 0 Å². The Kier molecular flexibility index (Phi) is 7.41. The van der Waals surface area contributed by atoms with E-state index in [2.05, 4.69) is 0 Å². The predicted molar refractivity (Wildman–Crippen MR) is 119 cm³/mol. The summed E-state index contributed by atoms with van der Waals surface area (Å²) < 4.78 is 18.6. The molecule has 6 atom stereocenters. The Bertz CT molecular complexity index is 935. The van der Waals surface area contributed by atoms with Crippen LogP contribution < -0.4 is 4.90 Å². The first-order valence-corrected chi connectivity index (χ1v) is 11.4. The Morgan fingerprint density at radius 3 is 2.21 bits per heavy atom. The number of hydrogen-bond donors (Lipinski definition) is 4. The van der Waals surface area contributed by atoms with E-state index in [4.69, 9.17) is 4.74 Å². The molecular formula is C25H30FNO6. The molecule has 2 aliphatic rings. The highest BCUT2D eigenvalue weighted by Crippen LogP contribution is 2.33. The Morgan fingerprint density at radius 1 is 0.909 bits per heavy atom. The molecule has 0 aliphatic carbocycles. The number of hydrogen-bond acceptors (Lipinski definition) is 6. The van der Waals surface area contributed by atoms with E-state index >= 15 is 0 Å². The van der Waals surface area contributed by atoms with Crippen molar-refractivity contribution in [1.82, 2.24) is 0 Å². The van der Waals surface area contributed by atoms with Gasteiger partial charge in [0, 0.05) is 12.2 Å². The molecule has 2 aliphatic heterocycles. The molecule has 4 rings (SSSR count). The highest BCUT2D eigenvalue weighted by Gasteiger charge is 2.43. The van der Waals surface area contributed by atoms with Gasteiger partial charge in [0.15, 0.2) is 0 Å². The van der Waals surface area contributed by atoms with E-state index in [1.54, 1.807) is 17.0 Å². The highest BCUT2D eigenvalue weighted by atomic mass is 19.1. The summed E-state index contributed by atoms with van der Waals surface area (Å²) in [6, 6.07) is 13.9. The molecule has 0 radical (unpaired) electrons. The molecule has 0 aromatic heterocycles. The summed E-state index contributed by atoms with van der Waals surface area (Å²) in [7, 11) is 0. The van der Waals surface area contributed by atoms with Crippen LogP contribution in [-0.4, -0.2) is 70.0 Å². The Morgan fingerprint density at radius 2 is 1.58 bits per heavy atom. The first-order chi connectivity index (χ1) is 15.9. The second-order valence-corrected chi connectivity index (χ2v) is 8.83. The first-order valence-electron chi connectivity index (χ1n) is 11.4. The van der Waals surface area contributed by atoms with Gasteiger partial charge >= 0.3 is 0 Å². The summed E-state index contributed by atoms with van der Waals surface area (Å²) in [5, 5.41) is 39.1. The van der Waals surface area contributed by atoms with Crippen molar-refractivity contribution in [1.29, 1.82) is 0 Å². The molecule has 2 aromatic carbocycles. The topological polar surface area (TPSA) is 110 Å². The zero-order valence-corrected chi connectivity index (χ0v) is 18.3. The number of nitrogens with zero attached hydrogens (tertiary/aromatic N) is 1. The standard InChI is InChI=1S/C25H30FNO6/c26-17-9-11-18(12-10-17)27-13-19(25(27)32)16-7-5-15(6-8-16)3-1-2-4-20-22(29)24(31)23(30)21(14-28)33-20/h5-12,19-24,28-31H,1-4,13-14H2/t19?,20-,21+,22-,23+,24+/m0/s1. The number of β-lactam (4-membered cyclic amide) rings is 1. The van der Waals surface area contributed by atoms with Gasteiger partial charge in [-0.05, 0) is 54.7 Å². The van der Waals surface area contributed by atoms with Crippen LogP contribution in [0.25, 0.3) is 0 Å². The quantitative estimate of drug-likeness (QED) is 0.352. The van der Waals surface area contributed by atoms with Gasteiger partial charge in [0.05, 0.1) is 18.6 Å². The average Bonchev–Trinajstić information content (AvgIpc) is 2.82. The minimum atomic E-state index is -1.33. The molecule has 178 valence electrons. The number of aryl methyl sites for hydroxylation is 1. The molecule has 1 unspecified atom stereocenters. The number of amides is 1. The molecule has 2 saturated heterocycles. The maximum atomic E-state index is 13.1. The third kappa shape index (κ3) is 5.10. The molecule has 2 heterocycles. The Balaban J connectivity index is 1.23. The van der Waals surface area contributed by atoms with Crippen LogP contribution in [0, 0.1) is 5.82 Å². The van der Waals surface area contributed by atoms with Crippen molar-refractivity contribution >= 4 is 11.6 Å². The third-order valence-corrected chi connectivity index (χ3v) is 6.64. The number of carbonyl (C=O) groups excluding carboxylic acids is 1. The number of aliphatic hydroxyl groups excluding tert-OH is 4. The molecule has 1 amide bonds. The minimum Gasteiger partial charge on any atom is -0.394 e. The second-order valence-electron chi connectivity index (χ2n) is 8.83. The molecule has 0 saturated carbocycles. The molecule has 0 spiro atoms. The summed E-state index contributed by atoms with van der Waals surface area (Å²) in [4.78, 5) is 14.2. The van der Waals surface area contributed by atoms with Crippen molar-refractivity contribution in [3.8, 4) is 0 Å². The smallest absolute Gasteiger partial charge is 0.236 e. The van der Waals surface area contributed by atoms with Gasteiger partial charge in [0.25, 0.3) is 0 Å². The van der Waals surface area contributed by atoms with Gasteiger partial charge in [0.2, 0.25) is 5.91 Å². The van der Waals surface area contributed by atoms with E-state index in [0.717, 1.165) is 30.4 Å². The number of carbonyl (C=O) groups is 1. The van der Waals surface area contributed by atoms with Gasteiger partial charge in [0.1, 0.15) is 30.2 Å². The predicted octanol–water partition coefficient (Wildman–Crippen LogP) is 1.51. The van der Waals surface area contributed by atoms with Gasteiger partial charge in [-0.25, -0.2) is 4.39 Å². The fourth-order valence-electron chi connectivity index (χ4n) is 4.54. The van der Waals surface area contributed by atoms with E-state index in [-0.39, 0.29) is 17.6 Å². The summed E-state index contributed by atoms with van der Waals surface area (Å²) in [5.41, 5.74) is 2.80. The fraction of sp³-hybridized carbons (Fsp3) is 0.480. The fourth-order valence-corrected chi connectivity index (χ4v) is 4.54. The molecule has 0 bridgehead atoms. The zero-order chi connectivity index (χ0) is 23.5. The molecular weight excluding hydrogens is 429 g/mol. The largest absolute Gasteiger partial charge is 0.394 e. The lowest BCUT2D eigenvalue weighted by Crippen LogP contribution is -2.58. The maximum absolute atomic E-state index is 13.1.